The normalized spacial score (nSPS) is 8.86. The van der Waals surface area contributed by atoms with Gasteiger partial charge in [0.15, 0.2) is 6.19 Å². The molecule has 4 nitrogen and oxygen atoms in total. The van der Waals surface area contributed by atoms with Gasteiger partial charge >= 0.3 is 6.03 Å². The molecule has 0 aliphatic heterocycles. The Morgan fingerprint density at radius 1 is 1.50 bits per heavy atom. The number of nitrogens with one attached hydrogen (secondary N) is 1. The van der Waals surface area contributed by atoms with E-state index in [2.05, 4.69) is 12.8 Å². The van der Waals surface area contributed by atoms with Crippen LogP contribution in [0.4, 0.5) is 4.79 Å². The molecule has 0 radical (unpaired) electrons. The fraction of sp³-hybridized carbons (Fsp3) is 0.111. The number of thiol groups is 1. The van der Waals surface area contributed by atoms with E-state index in [4.69, 9.17) is 5.26 Å². The molecule has 0 aliphatic carbocycles. The number of hydrogen-bond donors (Lipinski definition) is 2. The Hall–Kier alpha value is -1.67. The van der Waals surface area contributed by atoms with Gasteiger partial charge in [-0.3, -0.25) is 4.31 Å². The highest BCUT2D eigenvalue weighted by atomic mass is 32.1. The Labute approximate surface area is 87.7 Å². The Morgan fingerprint density at radius 2 is 2.14 bits per heavy atom. The number of hydrogen-bond acceptors (Lipinski definition) is 3. The molecule has 0 atom stereocenters. The number of benzene rings is 1. The molecule has 5 heteroatoms. The van der Waals surface area contributed by atoms with Crippen LogP contribution in [0, 0.1) is 11.5 Å². The summed E-state index contributed by atoms with van der Waals surface area (Å²) < 4.78 is 1.14. The smallest absolute Gasteiger partial charge is 0.266 e. The zero-order valence-electron chi connectivity index (χ0n) is 7.34. The number of carbonyl (C=O) groups is 1. The first-order valence-corrected chi connectivity index (χ1v) is 4.33. The van der Waals surface area contributed by atoms with E-state index >= 15 is 0 Å². The van der Waals surface area contributed by atoms with Gasteiger partial charge in [-0.05, 0) is 5.56 Å². The zero-order chi connectivity index (χ0) is 10.4. The van der Waals surface area contributed by atoms with Crippen molar-refractivity contribution in [2.75, 3.05) is 0 Å². The number of rotatable bonds is 2. The Balaban J connectivity index is 2.54. The summed E-state index contributed by atoms with van der Waals surface area (Å²) in [6.07, 6.45) is 1.54. The van der Waals surface area contributed by atoms with Gasteiger partial charge in [0.1, 0.15) is 0 Å². The van der Waals surface area contributed by atoms with Crippen LogP contribution in [0.3, 0.4) is 0 Å². The monoisotopic (exact) mass is 207 g/mol. The lowest BCUT2D eigenvalue weighted by Gasteiger charge is -2.13. The largest absolute Gasteiger partial charge is 0.340 e. The maximum absolute atomic E-state index is 11.1. The predicted octanol–water partition coefficient (Wildman–Crippen LogP) is 1.52. The predicted molar refractivity (Wildman–Crippen MR) is 55.1 cm³/mol. The zero-order valence-corrected chi connectivity index (χ0v) is 8.24. The van der Waals surface area contributed by atoms with E-state index in [1.165, 1.54) is 0 Å². The van der Waals surface area contributed by atoms with Crippen LogP contribution in [-0.2, 0) is 6.54 Å². The number of carbonyl (C=O) groups excluding carboxylic acids is 1. The summed E-state index contributed by atoms with van der Waals surface area (Å²) >= 11 is 3.94. The van der Waals surface area contributed by atoms with Crippen LogP contribution in [0.2, 0.25) is 0 Å². The fourth-order valence-corrected chi connectivity index (χ4v) is 1.15. The average molecular weight is 207 g/mol. The molecule has 14 heavy (non-hydrogen) atoms. The summed E-state index contributed by atoms with van der Waals surface area (Å²) in [5.41, 5.74) is 0.954. The minimum atomic E-state index is -0.528. The molecule has 1 aromatic rings. The van der Waals surface area contributed by atoms with Gasteiger partial charge in [0.05, 0.1) is 6.54 Å². The highest BCUT2D eigenvalue weighted by molar-refractivity contribution is 7.78. The van der Waals surface area contributed by atoms with Gasteiger partial charge in [-0.1, -0.05) is 43.1 Å². The molecule has 0 spiro atoms. The van der Waals surface area contributed by atoms with Crippen molar-refractivity contribution >= 4 is 18.8 Å². The summed E-state index contributed by atoms with van der Waals surface area (Å²) in [6, 6.07) is 8.87. The van der Waals surface area contributed by atoms with Gasteiger partial charge in [-0.15, -0.1) is 0 Å². The van der Waals surface area contributed by atoms with E-state index < -0.39 is 6.03 Å². The molecule has 0 unspecified atom stereocenters. The van der Waals surface area contributed by atoms with Crippen molar-refractivity contribution in [2.24, 2.45) is 0 Å². The van der Waals surface area contributed by atoms with Crippen LogP contribution in [0.1, 0.15) is 5.56 Å². The second kappa shape index (κ2) is 5.14. The molecule has 1 rings (SSSR count). The van der Waals surface area contributed by atoms with E-state index in [0.717, 1.165) is 9.87 Å². The van der Waals surface area contributed by atoms with Gasteiger partial charge in [0.25, 0.3) is 0 Å². The molecule has 72 valence electrons. The number of nitriles is 1. The van der Waals surface area contributed by atoms with Crippen LogP contribution < -0.4 is 5.32 Å². The lowest BCUT2D eigenvalue weighted by Crippen LogP contribution is -2.30. The highest BCUT2D eigenvalue weighted by Crippen LogP contribution is 2.05. The van der Waals surface area contributed by atoms with Gasteiger partial charge < -0.3 is 0 Å². The minimum absolute atomic E-state index is 0.359. The third-order valence-electron chi connectivity index (χ3n) is 1.57. The fourth-order valence-electron chi connectivity index (χ4n) is 0.941. The second-order valence-corrected chi connectivity index (χ2v) is 3.07. The summed E-state index contributed by atoms with van der Waals surface area (Å²) in [5, 5.41) is 10.2. The second-order valence-electron chi connectivity index (χ2n) is 2.59. The van der Waals surface area contributed by atoms with Crippen molar-refractivity contribution in [3.63, 3.8) is 0 Å². The Kier molecular flexibility index (Phi) is 3.83. The molecular weight excluding hydrogens is 198 g/mol. The SMILES string of the molecule is N#CNC(=O)N(S)Cc1ccccc1. The van der Waals surface area contributed by atoms with E-state index in [1.807, 2.05) is 35.6 Å². The van der Waals surface area contributed by atoms with Crippen LogP contribution in [0.25, 0.3) is 0 Å². The quantitative estimate of drug-likeness (QED) is 0.439. The molecule has 0 saturated carbocycles. The van der Waals surface area contributed by atoms with Crippen molar-refractivity contribution in [3.8, 4) is 6.19 Å². The molecule has 0 heterocycles. The third kappa shape index (κ3) is 2.99. The van der Waals surface area contributed by atoms with Crippen LogP contribution in [0.5, 0.6) is 0 Å². The summed E-state index contributed by atoms with van der Waals surface area (Å²) in [4.78, 5) is 11.1. The molecule has 0 aromatic heterocycles. The first-order valence-electron chi connectivity index (χ1n) is 3.93. The van der Waals surface area contributed by atoms with Gasteiger partial charge in [-0.2, -0.15) is 5.26 Å². The molecule has 0 fully saturated rings. The van der Waals surface area contributed by atoms with Crippen molar-refractivity contribution in [1.29, 1.82) is 5.26 Å². The summed E-state index contributed by atoms with van der Waals surface area (Å²) in [6.45, 7) is 0.359. The molecule has 1 aromatic carbocycles. The van der Waals surface area contributed by atoms with Crippen LogP contribution >= 0.6 is 12.8 Å². The van der Waals surface area contributed by atoms with E-state index in [0.29, 0.717) is 6.54 Å². The lowest BCUT2D eigenvalue weighted by atomic mass is 10.2. The summed E-state index contributed by atoms with van der Waals surface area (Å²) in [5.74, 6) is 0. The number of nitrogens with zero attached hydrogens (tertiary/aromatic N) is 2. The van der Waals surface area contributed by atoms with Crippen LogP contribution in [0.15, 0.2) is 30.3 Å². The topological polar surface area (TPSA) is 56.1 Å². The van der Waals surface area contributed by atoms with Crippen LogP contribution in [-0.4, -0.2) is 10.3 Å². The standard InChI is InChI=1S/C9H9N3OS/c10-7-11-9(13)12(14)6-8-4-2-1-3-5-8/h1-5,14H,6H2,(H,11,13). The highest BCUT2D eigenvalue weighted by Gasteiger charge is 2.08. The molecule has 0 aliphatic rings. The maximum atomic E-state index is 11.1. The number of amides is 2. The van der Waals surface area contributed by atoms with Gasteiger partial charge in [0.2, 0.25) is 0 Å². The molecule has 0 bridgehead atoms. The maximum Gasteiger partial charge on any atom is 0.340 e. The molecule has 1 N–H and O–H groups in total. The third-order valence-corrected chi connectivity index (χ3v) is 1.90. The lowest BCUT2D eigenvalue weighted by molar-refractivity contribution is 0.229. The molecule has 0 saturated heterocycles. The first kappa shape index (κ1) is 10.4. The van der Waals surface area contributed by atoms with Gasteiger partial charge in [-0.25, -0.2) is 10.1 Å². The minimum Gasteiger partial charge on any atom is -0.266 e. The summed E-state index contributed by atoms with van der Waals surface area (Å²) in [7, 11) is 0. The van der Waals surface area contributed by atoms with E-state index in [1.54, 1.807) is 6.19 Å². The molecule has 2 amide bonds. The van der Waals surface area contributed by atoms with E-state index in [-0.39, 0.29) is 0 Å². The Bertz CT molecular complexity index is 347. The van der Waals surface area contributed by atoms with Gasteiger partial charge in [0, 0.05) is 0 Å². The van der Waals surface area contributed by atoms with Crippen molar-refractivity contribution in [2.45, 2.75) is 6.54 Å². The average Bonchev–Trinajstić information content (AvgIpc) is 2.19. The Morgan fingerprint density at radius 3 is 2.71 bits per heavy atom. The van der Waals surface area contributed by atoms with Crippen molar-refractivity contribution in [3.05, 3.63) is 35.9 Å². The number of urea groups is 1. The first-order chi connectivity index (χ1) is 6.74. The van der Waals surface area contributed by atoms with Crippen molar-refractivity contribution in [1.82, 2.24) is 9.62 Å². The van der Waals surface area contributed by atoms with E-state index in [9.17, 15) is 4.79 Å². The molecular formula is C9H9N3OS. The van der Waals surface area contributed by atoms with Crippen molar-refractivity contribution < 1.29 is 4.79 Å².